The summed E-state index contributed by atoms with van der Waals surface area (Å²) in [5.74, 6) is 1.62. The minimum atomic E-state index is 0.712. The molecule has 0 fully saturated rings. The van der Waals surface area contributed by atoms with Gasteiger partial charge in [0.1, 0.15) is 11.5 Å². The molecule has 0 radical (unpaired) electrons. The van der Waals surface area contributed by atoms with Crippen molar-refractivity contribution in [3.8, 4) is 11.5 Å². The Hall–Kier alpha value is -1.67. The van der Waals surface area contributed by atoms with Crippen molar-refractivity contribution in [2.75, 3.05) is 18.0 Å². The van der Waals surface area contributed by atoms with Crippen molar-refractivity contribution < 1.29 is 4.74 Å². The number of anilines is 1. The lowest BCUT2D eigenvalue weighted by atomic mass is 10.2. The minimum Gasteiger partial charge on any atom is -0.457 e. The van der Waals surface area contributed by atoms with Crippen molar-refractivity contribution in [2.45, 2.75) is 13.8 Å². The van der Waals surface area contributed by atoms with Crippen LogP contribution in [0.3, 0.4) is 0 Å². The van der Waals surface area contributed by atoms with E-state index in [9.17, 15) is 0 Å². The van der Waals surface area contributed by atoms with E-state index in [1.54, 1.807) is 0 Å². The number of benzene rings is 2. The fraction of sp³-hybridized carbons (Fsp3) is 0.250. The van der Waals surface area contributed by atoms with Gasteiger partial charge in [0.25, 0.3) is 0 Å². The molecule has 0 saturated carbocycles. The molecule has 19 heavy (non-hydrogen) atoms. The van der Waals surface area contributed by atoms with Gasteiger partial charge in [0.15, 0.2) is 0 Å². The van der Waals surface area contributed by atoms with E-state index in [2.05, 4.69) is 30.9 Å². The average Bonchev–Trinajstić information content (AvgIpc) is 2.44. The van der Waals surface area contributed by atoms with Gasteiger partial charge in [0.2, 0.25) is 0 Å². The molecule has 0 aromatic heterocycles. The molecule has 0 bridgehead atoms. The number of ether oxygens (including phenoxy) is 1. The first-order chi connectivity index (χ1) is 9.22. The van der Waals surface area contributed by atoms with E-state index < -0.39 is 0 Å². The van der Waals surface area contributed by atoms with Crippen LogP contribution >= 0.6 is 11.6 Å². The highest BCUT2D eigenvalue weighted by Crippen LogP contribution is 2.25. The van der Waals surface area contributed by atoms with Gasteiger partial charge >= 0.3 is 0 Å². The monoisotopic (exact) mass is 275 g/mol. The standard InChI is InChI=1S/C16H18ClNO/c1-3-18(4-2)14-7-11-16(12-8-14)19-15-9-5-13(17)6-10-15/h5-12H,3-4H2,1-2H3. The number of hydrogen-bond acceptors (Lipinski definition) is 2. The minimum absolute atomic E-state index is 0.712. The number of hydrogen-bond donors (Lipinski definition) is 0. The molecule has 0 saturated heterocycles. The van der Waals surface area contributed by atoms with Crippen molar-refractivity contribution in [1.82, 2.24) is 0 Å². The maximum atomic E-state index is 5.84. The van der Waals surface area contributed by atoms with E-state index in [-0.39, 0.29) is 0 Å². The maximum Gasteiger partial charge on any atom is 0.127 e. The average molecular weight is 276 g/mol. The fourth-order valence-electron chi connectivity index (χ4n) is 1.95. The molecule has 0 aliphatic rings. The van der Waals surface area contributed by atoms with Gasteiger partial charge in [0.05, 0.1) is 0 Å². The smallest absolute Gasteiger partial charge is 0.127 e. The molecule has 0 amide bonds. The zero-order valence-electron chi connectivity index (χ0n) is 11.3. The van der Waals surface area contributed by atoms with Crippen LogP contribution in [0.4, 0.5) is 5.69 Å². The normalized spacial score (nSPS) is 10.3. The third kappa shape index (κ3) is 3.65. The summed E-state index contributed by atoms with van der Waals surface area (Å²) in [6.45, 7) is 6.32. The quantitative estimate of drug-likeness (QED) is 0.763. The summed E-state index contributed by atoms with van der Waals surface area (Å²) in [7, 11) is 0. The van der Waals surface area contributed by atoms with Gasteiger partial charge in [-0.25, -0.2) is 0 Å². The summed E-state index contributed by atoms with van der Waals surface area (Å²) in [6, 6.07) is 15.5. The zero-order valence-corrected chi connectivity index (χ0v) is 12.0. The van der Waals surface area contributed by atoms with Crippen LogP contribution < -0.4 is 9.64 Å². The molecule has 2 rings (SSSR count). The van der Waals surface area contributed by atoms with Crippen LogP contribution in [-0.2, 0) is 0 Å². The summed E-state index contributed by atoms with van der Waals surface area (Å²) < 4.78 is 5.76. The van der Waals surface area contributed by atoms with Crippen LogP contribution in [0.5, 0.6) is 11.5 Å². The molecular weight excluding hydrogens is 258 g/mol. The van der Waals surface area contributed by atoms with E-state index in [0.717, 1.165) is 24.6 Å². The van der Waals surface area contributed by atoms with Crippen LogP contribution in [-0.4, -0.2) is 13.1 Å². The highest BCUT2D eigenvalue weighted by molar-refractivity contribution is 6.30. The summed E-state index contributed by atoms with van der Waals surface area (Å²) in [6.07, 6.45) is 0. The van der Waals surface area contributed by atoms with Crippen LogP contribution in [0.15, 0.2) is 48.5 Å². The van der Waals surface area contributed by atoms with E-state index in [1.807, 2.05) is 36.4 Å². The number of halogens is 1. The second-order valence-corrected chi connectivity index (χ2v) is 4.66. The van der Waals surface area contributed by atoms with Crippen LogP contribution in [0.2, 0.25) is 5.02 Å². The van der Waals surface area contributed by atoms with Crippen LogP contribution in [0, 0.1) is 0 Å². The topological polar surface area (TPSA) is 12.5 Å². The van der Waals surface area contributed by atoms with Gasteiger partial charge in [-0.05, 0) is 62.4 Å². The molecule has 3 heteroatoms. The Labute approximate surface area is 119 Å². The number of nitrogens with zero attached hydrogens (tertiary/aromatic N) is 1. The fourth-order valence-corrected chi connectivity index (χ4v) is 2.08. The molecule has 0 atom stereocenters. The Morgan fingerprint density at radius 2 is 1.32 bits per heavy atom. The van der Waals surface area contributed by atoms with Gasteiger partial charge in [-0.15, -0.1) is 0 Å². The Morgan fingerprint density at radius 1 is 0.842 bits per heavy atom. The predicted molar refractivity (Wildman–Crippen MR) is 81.5 cm³/mol. The second kappa shape index (κ2) is 6.48. The summed E-state index contributed by atoms with van der Waals surface area (Å²) in [4.78, 5) is 2.30. The van der Waals surface area contributed by atoms with Gasteiger partial charge in [0, 0.05) is 23.8 Å². The lowest BCUT2D eigenvalue weighted by Gasteiger charge is -2.21. The molecule has 0 heterocycles. The molecule has 100 valence electrons. The van der Waals surface area contributed by atoms with Gasteiger partial charge in [-0.2, -0.15) is 0 Å². The molecule has 2 aromatic carbocycles. The summed E-state index contributed by atoms with van der Waals surface area (Å²) in [5, 5.41) is 0.712. The molecule has 2 nitrogen and oxygen atoms in total. The largest absolute Gasteiger partial charge is 0.457 e. The van der Waals surface area contributed by atoms with Crippen molar-refractivity contribution in [1.29, 1.82) is 0 Å². The molecule has 0 unspecified atom stereocenters. The maximum absolute atomic E-state index is 5.84. The van der Waals surface area contributed by atoms with E-state index in [0.29, 0.717) is 5.02 Å². The van der Waals surface area contributed by atoms with E-state index >= 15 is 0 Å². The third-order valence-electron chi connectivity index (χ3n) is 3.01. The van der Waals surface area contributed by atoms with Crippen LogP contribution in [0.1, 0.15) is 13.8 Å². The SMILES string of the molecule is CCN(CC)c1ccc(Oc2ccc(Cl)cc2)cc1. The third-order valence-corrected chi connectivity index (χ3v) is 3.27. The highest BCUT2D eigenvalue weighted by Gasteiger charge is 2.02. The molecular formula is C16H18ClNO. The molecule has 0 N–H and O–H groups in total. The van der Waals surface area contributed by atoms with Gasteiger partial charge < -0.3 is 9.64 Å². The van der Waals surface area contributed by atoms with Gasteiger partial charge in [-0.1, -0.05) is 11.6 Å². The lowest BCUT2D eigenvalue weighted by molar-refractivity contribution is 0.482. The Morgan fingerprint density at radius 3 is 1.79 bits per heavy atom. The zero-order chi connectivity index (χ0) is 13.7. The first-order valence-electron chi connectivity index (χ1n) is 6.51. The van der Waals surface area contributed by atoms with E-state index in [4.69, 9.17) is 16.3 Å². The second-order valence-electron chi connectivity index (χ2n) is 4.22. The summed E-state index contributed by atoms with van der Waals surface area (Å²) >= 11 is 5.84. The Balaban J connectivity index is 2.08. The molecule has 2 aromatic rings. The first kappa shape index (κ1) is 13.8. The summed E-state index contributed by atoms with van der Waals surface area (Å²) in [5.41, 5.74) is 1.22. The van der Waals surface area contributed by atoms with Gasteiger partial charge in [-0.3, -0.25) is 0 Å². The molecule has 0 spiro atoms. The Kier molecular flexibility index (Phi) is 4.69. The van der Waals surface area contributed by atoms with Crippen molar-refractivity contribution in [2.24, 2.45) is 0 Å². The first-order valence-corrected chi connectivity index (χ1v) is 6.89. The van der Waals surface area contributed by atoms with Crippen LogP contribution in [0.25, 0.3) is 0 Å². The molecule has 0 aliphatic heterocycles. The van der Waals surface area contributed by atoms with Crippen molar-refractivity contribution in [3.05, 3.63) is 53.6 Å². The van der Waals surface area contributed by atoms with Crippen molar-refractivity contribution >= 4 is 17.3 Å². The molecule has 0 aliphatic carbocycles. The lowest BCUT2D eigenvalue weighted by Crippen LogP contribution is -2.21. The number of rotatable bonds is 5. The van der Waals surface area contributed by atoms with E-state index in [1.165, 1.54) is 5.69 Å². The Bertz CT molecular complexity index is 503. The highest BCUT2D eigenvalue weighted by atomic mass is 35.5. The predicted octanol–water partition coefficient (Wildman–Crippen LogP) is 4.98. The van der Waals surface area contributed by atoms with Crippen molar-refractivity contribution in [3.63, 3.8) is 0 Å².